The Hall–Kier alpha value is -3.85. The van der Waals surface area contributed by atoms with E-state index in [1.54, 1.807) is 11.4 Å². The number of ether oxygens (including phenoxy) is 3. The number of carbonyl (C=O) groups excluding carboxylic acids is 1. The number of benzene rings is 3. The first-order chi connectivity index (χ1) is 25.7. The zero-order valence-corrected chi connectivity index (χ0v) is 31.0. The van der Waals surface area contributed by atoms with Crippen LogP contribution in [0.25, 0.3) is 10.9 Å². The normalized spacial score (nSPS) is 23.4. The number of hydrogen-bond donors (Lipinski definition) is 1. The maximum Gasteiger partial charge on any atom is 0.431 e. The van der Waals surface area contributed by atoms with Gasteiger partial charge in [-0.05, 0) is 75.7 Å². The topological polar surface area (TPSA) is 118 Å². The molecule has 8 rings (SSSR count). The average molecular weight is 719 g/mol. The number of nitrogens with zero attached hydrogens (tertiary/aromatic N) is 5. The van der Waals surface area contributed by atoms with Crippen LogP contribution in [0.1, 0.15) is 43.9 Å². The molecule has 276 valence electrons. The standard InChI is InChI=1S/C38H48B3N5O7/c1-5-49-20-12-19-43-32(22-27-13-8-6-9-14-27)34-35(53-38(2,3)52-34)33(23-28-15-10-7-11-16-28)44(37(43)47)24-29-17-18-31-30(21-29)36(42-46(31)39(4)48)45(40-25-50-40)41-26-51-41/h6-11,13-18,21,32-35,48H,5,12,19-20,22-26H2,1-4H3/t32-,33-,34+,35+/m1/s1. The molecule has 53 heavy (non-hydrogen) atoms. The van der Waals surface area contributed by atoms with Crippen LogP contribution in [-0.4, -0.2) is 115 Å². The zero-order chi connectivity index (χ0) is 36.7. The Labute approximate surface area is 312 Å². The van der Waals surface area contributed by atoms with Crippen LogP contribution in [0.4, 0.5) is 10.6 Å². The number of carbonyl (C=O) groups is 1. The molecule has 4 atom stereocenters. The van der Waals surface area contributed by atoms with E-state index in [4.69, 9.17) is 28.6 Å². The van der Waals surface area contributed by atoms with Crippen LogP contribution in [0.15, 0.2) is 78.9 Å². The van der Waals surface area contributed by atoms with Gasteiger partial charge in [-0.1, -0.05) is 66.7 Å². The van der Waals surface area contributed by atoms with Crippen LogP contribution in [-0.2, 0) is 42.9 Å². The summed E-state index contributed by atoms with van der Waals surface area (Å²) in [5.74, 6) is -0.143. The molecule has 0 saturated carbocycles. The lowest BCUT2D eigenvalue weighted by Gasteiger charge is -2.37. The zero-order valence-electron chi connectivity index (χ0n) is 31.0. The molecule has 3 aromatic carbocycles. The fourth-order valence-electron chi connectivity index (χ4n) is 8.12. The highest BCUT2D eigenvalue weighted by atomic mass is 16.8. The second kappa shape index (κ2) is 15.1. The summed E-state index contributed by atoms with van der Waals surface area (Å²) in [4.78, 5) is 19.4. The summed E-state index contributed by atoms with van der Waals surface area (Å²) < 4.78 is 34.6. The van der Waals surface area contributed by atoms with Crippen LogP contribution >= 0.6 is 0 Å². The first kappa shape index (κ1) is 36.1. The third kappa shape index (κ3) is 7.74. The summed E-state index contributed by atoms with van der Waals surface area (Å²) in [6.45, 7) is 10.8. The van der Waals surface area contributed by atoms with Crippen molar-refractivity contribution in [2.45, 2.75) is 83.5 Å². The third-order valence-electron chi connectivity index (χ3n) is 10.6. The summed E-state index contributed by atoms with van der Waals surface area (Å²) in [7, 11) is -1.09. The molecule has 0 unspecified atom stereocenters. The van der Waals surface area contributed by atoms with Gasteiger partial charge in [0.2, 0.25) is 0 Å². The molecule has 4 saturated heterocycles. The molecule has 1 aromatic heterocycles. The van der Waals surface area contributed by atoms with Gasteiger partial charge < -0.3 is 43.1 Å². The van der Waals surface area contributed by atoms with Crippen molar-refractivity contribution in [1.82, 2.24) is 19.5 Å². The maximum atomic E-state index is 15.3. The highest BCUT2D eigenvalue weighted by Gasteiger charge is 2.56. The lowest BCUT2D eigenvalue weighted by molar-refractivity contribution is -0.157. The van der Waals surface area contributed by atoms with E-state index in [2.05, 4.69) is 35.1 Å². The van der Waals surface area contributed by atoms with E-state index in [1.807, 2.05) is 79.1 Å². The minimum atomic E-state index is -0.842. The van der Waals surface area contributed by atoms with Crippen molar-refractivity contribution in [3.8, 4) is 0 Å². The van der Waals surface area contributed by atoms with Crippen LogP contribution in [0.2, 0.25) is 6.82 Å². The first-order valence-corrected chi connectivity index (χ1v) is 19.0. The summed E-state index contributed by atoms with van der Waals surface area (Å²) in [5, 5.41) is 16.4. The summed E-state index contributed by atoms with van der Waals surface area (Å²) in [5.41, 5.74) is 3.99. The number of anilines is 1. The van der Waals surface area contributed by atoms with Crippen LogP contribution < -0.4 is 4.72 Å². The predicted octanol–water partition coefficient (Wildman–Crippen LogP) is 4.32. The smallest absolute Gasteiger partial charge is 0.431 e. The Morgan fingerprint density at radius 2 is 1.49 bits per heavy atom. The van der Waals surface area contributed by atoms with Crippen molar-refractivity contribution < 1.29 is 33.3 Å². The Morgan fingerprint density at radius 3 is 2.04 bits per heavy atom. The molecule has 4 fully saturated rings. The molecule has 1 N–H and O–H groups in total. The molecule has 2 amide bonds. The Morgan fingerprint density at radius 1 is 0.906 bits per heavy atom. The maximum absolute atomic E-state index is 15.3. The SMILES string of the molecule is CCOCCCN1C(=O)N(Cc2ccc3c(c2)c(N(B2CO2)B2CO2)nn3B(C)O)[C@H](Cc2ccccc2)[C@@H]2OC(C)(C)O[C@H]2[C@H]1Cc1ccccc1. The van der Waals surface area contributed by atoms with Gasteiger partial charge in [0, 0.05) is 31.7 Å². The molecular formula is C38H48B3N5O7. The van der Waals surface area contributed by atoms with E-state index in [-0.39, 0.29) is 38.3 Å². The molecular weight excluding hydrogens is 671 g/mol. The van der Waals surface area contributed by atoms with Crippen molar-refractivity contribution >= 4 is 43.9 Å². The Kier molecular flexibility index (Phi) is 10.3. The number of urea groups is 1. The number of rotatable bonds is 15. The van der Waals surface area contributed by atoms with Crippen molar-refractivity contribution in [2.24, 2.45) is 0 Å². The van der Waals surface area contributed by atoms with Gasteiger partial charge in [0.1, 0.15) is 18.0 Å². The summed E-state index contributed by atoms with van der Waals surface area (Å²) in [6.07, 6.45) is 1.15. The first-order valence-electron chi connectivity index (χ1n) is 19.0. The summed E-state index contributed by atoms with van der Waals surface area (Å²) >= 11 is 0. The van der Waals surface area contributed by atoms with E-state index in [0.29, 0.717) is 64.4 Å². The van der Waals surface area contributed by atoms with E-state index < -0.39 is 18.9 Å². The highest BCUT2D eigenvalue weighted by molar-refractivity contribution is 6.84. The van der Waals surface area contributed by atoms with Gasteiger partial charge in [-0.3, -0.25) is 4.59 Å². The van der Waals surface area contributed by atoms with Gasteiger partial charge in [-0.15, -0.1) is 0 Å². The van der Waals surface area contributed by atoms with Gasteiger partial charge in [-0.2, -0.15) is 5.10 Å². The third-order valence-corrected chi connectivity index (χ3v) is 10.6. The lowest BCUT2D eigenvalue weighted by Crippen LogP contribution is -2.52. The fourth-order valence-corrected chi connectivity index (χ4v) is 8.12. The Bertz CT molecular complexity index is 1870. The molecule has 0 bridgehead atoms. The highest BCUT2D eigenvalue weighted by Crippen LogP contribution is 2.41. The Balaban J connectivity index is 1.22. The van der Waals surface area contributed by atoms with Crippen LogP contribution in [0.3, 0.4) is 0 Å². The second-order valence-electron chi connectivity index (χ2n) is 15.0. The van der Waals surface area contributed by atoms with Crippen LogP contribution in [0.5, 0.6) is 0 Å². The van der Waals surface area contributed by atoms with Gasteiger partial charge in [0.25, 0.3) is 0 Å². The van der Waals surface area contributed by atoms with Gasteiger partial charge in [0.15, 0.2) is 5.79 Å². The van der Waals surface area contributed by atoms with E-state index in [9.17, 15) is 5.02 Å². The largest absolute Gasteiger partial charge is 0.431 e. The number of hydrogen-bond acceptors (Lipinski definition) is 9. The minimum absolute atomic E-state index is 0.0536. The predicted molar refractivity (Wildman–Crippen MR) is 205 cm³/mol. The molecule has 4 aromatic rings. The minimum Gasteiger partial charge on any atom is -0.431 e. The van der Waals surface area contributed by atoms with Gasteiger partial charge in [-0.25, -0.2) is 4.79 Å². The number of aromatic nitrogens is 2. The number of amides is 2. The lowest BCUT2D eigenvalue weighted by atomic mass is 9.76. The summed E-state index contributed by atoms with van der Waals surface area (Å²) in [6, 6.07) is 26.1. The van der Waals surface area contributed by atoms with Crippen molar-refractivity contribution in [3.63, 3.8) is 0 Å². The molecule has 15 heteroatoms. The quantitative estimate of drug-likeness (QED) is 0.109. The molecule has 4 aliphatic rings. The van der Waals surface area contributed by atoms with Crippen molar-refractivity contribution in [3.05, 3.63) is 95.6 Å². The van der Waals surface area contributed by atoms with Gasteiger partial charge >= 0.3 is 27.2 Å². The van der Waals surface area contributed by atoms with Crippen molar-refractivity contribution in [1.29, 1.82) is 0 Å². The molecule has 4 aliphatic heterocycles. The molecule has 5 heterocycles. The van der Waals surface area contributed by atoms with Crippen LogP contribution in [0, 0.1) is 0 Å². The molecule has 0 aliphatic carbocycles. The second-order valence-corrected chi connectivity index (χ2v) is 15.0. The average Bonchev–Trinajstić information content (AvgIpc) is 4.09. The fraction of sp³-hybridized carbons (Fsp3) is 0.474. The molecule has 12 nitrogen and oxygen atoms in total. The van der Waals surface area contributed by atoms with E-state index >= 15 is 4.79 Å². The molecule has 0 radical (unpaired) electrons. The molecule has 0 spiro atoms. The van der Waals surface area contributed by atoms with Crippen molar-refractivity contribution in [2.75, 3.05) is 37.5 Å². The number of fused-ring (bicyclic) bond motifs is 2. The van der Waals surface area contributed by atoms with E-state index in [1.165, 1.54) is 0 Å². The monoisotopic (exact) mass is 719 g/mol. The van der Waals surface area contributed by atoms with Gasteiger partial charge in [0.05, 0.1) is 30.6 Å². The van der Waals surface area contributed by atoms with E-state index in [0.717, 1.165) is 27.6 Å².